The molecule has 2 heterocycles. The summed E-state index contributed by atoms with van der Waals surface area (Å²) >= 11 is 1.63. The van der Waals surface area contributed by atoms with Crippen molar-refractivity contribution >= 4 is 17.7 Å². The van der Waals surface area contributed by atoms with Crippen molar-refractivity contribution in [3.63, 3.8) is 0 Å². The van der Waals surface area contributed by atoms with Gasteiger partial charge in [0.05, 0.1) is 24.0 Å². The number of carbonyl (C=O) groups is 1. The van der Waals surface area contributed by atoms with E-state index < -0.39 is 5.60 Å². The summed E-state index contributed by atoms with van der Waals surface area (Å²) in [6.45, 7) is 6.90. The van der Waals surface area contributed by atoms with Gasteiger partial charge in [0.15, 0.2) is 0 Å². The van der Waals surface area contributed by atoms with Crippen LogP contribution in [0.25, 0.3) is 0 Å². The summed E-state index contributed by atoms with van der Waals surface area (Å²) in [5.74, 6) is -0.226. The Bertz CT molecular complexity index is 363. The molecule has 0 aromatic rings. The van der Waals surface area contributed by atoms with Gasteiger partial charge < -0.3 is 9.47 Å². The van der Waals surface area contributed by atoms with E-state index in [9.17, 15) is 4.79 Å². The van der Waals surface area contributed by atoms with Crippen molar-refractivity contribution in [3.05, 3.63) is 22.6 Å². The Hall–Kier alpha value is -0.740. The highest BCUT2D eigenvalue weighted by molar-refractivity contribution is 8.03. The molecule has 0 amide bonds. The SMILES string of the molecule is CC(C)(C)OC(=O)C1=CSC2COCC=C12. The highest BCUT2D eigenvalue weighted by Crippen LogP contribution is 2.38. The van der Waals surface area contributed by atoms with Crippen LogP contribution in [-0.4, -0.2) is 30.0 Å². The molecule has 0 radical (unpaired) electrons. The Morgan fingerprint density at radius 3 is 3.00 bits per heavy atom. The molecule has 16 heavy (non-hydrogen) atoms. The Balaban J connectivity index is 2.11. The smallest absolute Gasteiger partial charge is 0.339 e. The van der Waals surface area contributed by atoms with E-state index in [4.69, 9.17) is 9.47 Å². The minimum Gasteiger partial charge on any atom is -0.456 e. The minimum absolute atomic E-state index is 0.226. The molecule has 88 valence electrons. The summed E-state index contributed by atoms with van der Waals surface area (Å²) in [5.41, 5.74) is 1.34. The van der Waals surface area contributed by atoms with Crippen LogP contribution in [0.3, 0.4) is 0 Å². The number of hydrogen-bond donors (Lipinski definition) is 0. The molecule has 0 fully saturated rings. The predicted octanol–water partition coefficient (Wildman–Crippen LogP) is 2.28. The molecule has 1 atom stereocenters. The van der Waals surface area contributed by atoms with Gasteiger partial charge in [0.25, 0.3) is 0 Å². The number of hydrogen-bond acceptors (Lipinski definition) is 4. The average Bonchev–Trinajstić information content (AvgIpc) is 2.58. The lowest BCUT2D eigenvalue weighted by Gasteiger charge is -2.22. The monoisotopic (exact) mass is 240 g/mol. The molecular weight excluding hydrogens is 224 g/mol. The Morgan fingerprint density at radius 1 is 1.56 bits per heavy atom. The number of fused-ring (bicyclic) bond motifs is 1. The molecule has 0 aliphatic carbocycles. The molecule has 1 unspecified atom stereocenters. The summed E-state index contributed by atoms with van der Waals surface area (Å²) in [5, 5.41) is 2.16. The van der Waals surface area contributed by atoms with Gasteiger partial charge in [0.2, 0.25) is 0 Å². The van der Waals surface area contributed by atoms with Crippen molar-refractivity contribution in [2.75, 3.05) is 13.2 Å². The molecule has 0 saturated carbocycles. The third-order valence-electron chi connectivity index (χ3n) is 2.32. The van der Waals surface area contributed by atoms with Gasteiger partial charge in [-0.1, -0.05) is 6.08 Å². The summed E-state index contributed by atoms with van der Waals surface area (Å²) in [6, 6.07) is 0. The van der Waals surface area contributed by atoms with E-state index in [-0.39, 0.29) is 11.2 Å². The van der Waals surface area contributed by atoms with Crippen molar-refractivity contribution in [3.8, 4) is 0 Å². The molecule has 2 aliphatic heterocycles. The van der Waals surface area contributed by atoms with Crippen LogP contribution in [0.15, 0.2) is 22.6 Å². The van der Waals surface area contributed by atoms with Crippen LogP contribution in [-0.2, 0) is 14.3 Å². The van der Waals surface area contributed by atoms with Crippen LogP contribution in [0.4, 0.5) is 0 Å². The van der Waals surface area contributed by atoms with Gasteiger partial charge in [-0.25, -0.2) is 4.79 Å². The minimum atomic E-state index is -0.438. The maximum absolute atomic E-state index is 11.9. The number of esters is 1. The van der Waals surface area contributed by atoms with Gasteiger partial charge in [-0.2, -0.15) is 0 Å². The molecule has 0 spiro atoms. The fourth-order valence-corrected chi connectivity index (χ4v) is 2.74. The van der Waals surface area contributed by atoms with Gasteiger partial charge in [-0.05, 0) is 31.8 Å². The van der Waals surface area contributed by atoms with Crippen molar-refractivity contribution < 1.29 is 14.3 Å². The van der Waals surface area contributed by atoms with E-state index in [1.807, 2.05) is 32.3 Å². The highest BCUT2D eigenvalue weighted by Gasteiger charge is 2.32. The largest absolute Gasteiger partial charge is 0.456 e. The summed E-state index contributed by atoms with van der Waals surface area (Å²) in [7, 11) is 0. The summed E-state index contributed by atoms with van der Waals surface area (Å²) in [4.78, 5) is 11.9. The second-order valence-corrected chi connectivity index (χ2v) is 5.93. The van der Waals surface area contributed by atoms with Gasteiger partial charge in [0, 0.05) is 0 Å². The van der Waals surface area contributed by atoms with E-state index >= 15 is 0 Å². The first kappa shape index (κ1) is 11.7. The number of carbonyl (C=O) groups excluding carboxylic acids is 1. The standard InChI is InChI=1S/C12H16O3S/c1-12(2,3)15-11(13)9-7-16-10-6-14-5-4-8(9)10/h4,7,10H,5-6H2,1-3H3. The first-order chi connectivity index (χ1) is 7.47. The summed E-state index contributed by atoms with van der Waals surface area (Å²) < 4.78 is 10.7. The fourth-order valence-electron chi connectivity index (χ4n) is 1.66. The van der Waals surface area contributed by atoms with Gasteiger partial charge in [0.1, 0.15) is 5.60 Å². The molecule has 4 heteroatoms. The second kappa shape index (κ2) is 4.26. The van der Waals surface area contributed by atoms with Gasteiger partial charge in [-0.3, -0.25) is 0 Å². The van der Waals surface area contributed by atoms with Gasteiger partial charge in [-0.15, -0.1) is 11.8 Å². The fraction of sp³-hybridized carbons (Fsp3) is 0.583. The molecule has 0 bridgehead atoms. The number of ether oxygens (including phenoxy) is 2. The Kier molecular flexibility index (Phi) is 3.13. The van der Waals surface area contributed by atoms with Crippen LogP contribution < -0.4 is 0 Å². The third kappa shape index (κ3) is 2.50. The molecule has 2 aliphatic rings. The molecule has 0 N–H and O–H groups in total. The molecule has 0 aromatic heterocycles. The lowest BCUT2D eigenvalue weighted by molar-refractivity contribution is -0.149. The quantitative estimate of drug-likeness (QED) is 0.659. The normalized spacial score (nSPS) is 24.6. The lowest BCUT2D eigenvalue weighted by Crippen LogP contribution is -2.27. The zero-order chi connectivity index (χ0) is 11.8. The highest BCUT2D eigenvalue weighted by atomic mass is 32.2. The first-order valence-corrected chi connectivity index (χ1v) is 6.29. The van der Waals surface area contributed by atoms with Gasteiger partial charge >= 0.3 is 5.97 Å². The molecule has 0 saturated heterocycles. The van der Waals surface area contributed by atoms with Crippen LogP contribution in [0.2, 0.25) is 0 Å². The van der Waals surface area contributed by atoms with E-state index in [2.05, 4.69) is 0 Å². The van der Waals surface area contributed by atoms with E-state index in [1.54, 1.807) is 11.8 Å². The zero-order valence-corrected chi connectivity index (χ0v) is 10.6. The molecular formula is C12H16O3S. The van der Waals surface area contributed by atoms with E-state index in [1.165, 1.54) is 0 Å². The molecule has 2 rings (SSSR count). The van der Waals surface area contributed by atoms with Crippen LogP contribution in [0.1, 0.15) is 20.8 Å². The Labute approximate surface area is 99.9 Å². The first-order valence-electron chi connectivity index (χ1n) is 5.34. The van der Waals surface area contributed by atoms with Crippen LogP contribution >= 0.6 is 11.8 Å². The molecule has 0 aromatic carbocycles. The van der Waals surface area contributed by atoms with E-state index in [0.29, 0.717) is 18.8 Å². The predicted molar refractivity (Wildman–Crippen MR) is 64.2 cm³/mol. The maximum Gasteiger partial charge on any atom is 0.339 e. The van der Waals surface area contributed by atoms with Crippen molar-refractivity contribution in [1.82, 2.24) is 0 Å². The van der Waals surface area contributed by atoms with Crippen molar-refractivity contribution in [1.29, 1.82) is 0 Å². The van der Waals surface area contributed by atoms with Crippen LogP contribution in [0, 0.1) is 0 Å². The third-order valence-corrected chi connectivity index (χ3v) is 3.41. The zero-order valence-electron chi connectivity index (χ0n) is 9.78. The van der Waals surface area contributed by atoms with Crippen LogP contribution in [0.5, 0.6) is 0 Å². The second-order valence-electron chi connectivity index (χ2n) is 4.86. The average molecular weight is 240 g/mol. The van der Waals surface area contributed by atoms with Crippen molar-refractivity contribution in [2.24, 2.45) is 0 Å². The summed E-state index contributed by atoms with van der Waals surface area (Å²) in [6.07, 6.45) is 1.98. The van der Waals surface area contributed by atoms with E-state index in [0.717, 1.165) is 5.57 Å². The lowest BCUT2D eigenvalue weighted by atomic mass is 10.0. The Morgan fingerprint density at radius 2 is 2.31 bits per heavy atom. The number of thioether (sulfide) groups is 1. The topological polar surface area (TPSA) is 35.5 Å². The maximum atomic E-state index is 11.9. The number of rotatable bonds is 1. The molecule has 3 nitrogen and oxygen atoms in total. The van der Waals surface area contributed by atoms with Crippen molar-refractivity contribution in [2.45, 2.75) is 31.6 Å².